The maximum Gasteiger partial charge on any atom is 0.170 e. The number of carbonyl (C=O) groups excluding carboxylic acids is 1. The van der Waals surface area contributed by atoms with E-state index >= 15 is 0 Å². The Hall–Kier alpha value is -2.66. The zero-order valence-electron chi connectivity index (χ0n) is 12.2. The average Bonchev–Trinajstić information content (AvgIpc) is 3.14. The van der Waals surface area contributed by atoms with Crippen molar-refractivity contribution in [3.05, 3.63) is 71.3 Å². The van der Waals surface area contributed by atoms with Gasteiger partial charge in [0.15, 0.2) is 5.78 Å². The highest BCUT2D eigenvalue weighted by atomic mass is 16.1. The van der Waals surface area contributed by atoms with Crippen LogP contribution in [-0.2, 0) is 6.42 Å². The van der Waals surface area contributed by atoms with Gasteiger partial charge in [0.1, 0.15) is 0 Å². The second kappa shape index (κ2) is 4.68. The molecule has 1 spiro atoms. The number of nitrogens with zero attached hydrogens (tertiary/aromatic N) is 1. The lowest BCUT2D eigenvalue weighted by Crippen LogP contribution is -2.24. The lowest BCUT2D eigenvalue weighted by molar-refractivity contribution is 0.0835. The number of hydrogen-bond donors (Lipinski definition) is 0. The molecule has 0 saturated carbocycles. The van der Waals surface area contributed by atoms with E-state index in [-0.39, 0.29) is 11.2 Å². The molecule has 0 fully saturated rings. The van der Waals surface area contributed by atoms with Crippen LogP contribution in [-0.4, -0.2) is 5.78 Å². The fourth-order valence-corrected chi connectivity index (χ4v) is 3.65. The Bertz CT molecular complexity index is 846. The minimum Gasteiger partial charge on any atom is -0.294 e. The fraction of sp³-hybridized carbons (Fsp3) is 0.200. The fourth-order valence-electron chi connectivity index (χ4n) is 3.65. The molecule has 0 unspecified atom stereocenters. The zero-order chi connectivity index (χ0) is 15.2. The van der Waals surface area contributed by atoms with Gasteiger partial charge in [0, 0.05) is 11.0 Å². The first-order valence-electron chi connectivity index (χ1n) is 7.55. The van der Waals surface area contributed by atoms with E-state index in [2.05, 4.69) is 30.4 Å². The summed E-state index contributed by atoms with van der Waals surface area (Å²) in [6, 6.07) is 15.8. The standard InChI is InChI=1S/C20H15NO/c21-13-14-4-3-5-15(10-14)16-6-7-17-12-20(8-1-2-9-20)19(22)18(17)11-16/h1-7,10-11H,8-9,12H2. The number of hydrogen-bond acceptors (Lipinski definition) is 2. The lowest BCUT2D eigenvalue weighted by atomic mass is 9.81. The molecule has 0 N–H and O–H groups in total. The lowest BCUT2D eigenvalue weighted by Gasteiger charge is -2.19. The normalized spacial score (nSPS) is 17.7. The van der Waals surface area contributed by atoms with Gasteiger partial charge in [-0.05, 0) is 54.2 Å². The summed E-state index contributed by atoms with van der Waals surface area (Å²) < 4.78 is 0. The van der Waals surface area contributed by atoms with E-state index in [1.165, 1.54) is 0 Å². The molecule has 2 aromatic carbocycles. The molecule has 0 aromatic heterocycles. The summed E-state index contributed by atoms with van der Waals surface area (Å²) in [5.41, 5.74) is 4.45. The van der Waals surface area contributed by atoms with Gasteiger partial charge in [-0.15, -0.1) is 0 Å². The second-order valence-corrected chi connectivity index (χ2v) is 6.23. The van der Waals surface area contributed by atoms with Crippen molar-refractivity contribution in [1.82, 2.24) is 0 Å². The highest BCUT2D eigenvalue weighted by Crippen LogP contribution is 2.46. The van der Waals surface area contributed by atoms with Crippen molar-refractivity contribution in [3.63, 3.8) is 0 Å². The highest BCUT2D eigenvalue weighted by Gasteiger charge is 2.45. The van der Waals surface area contributed by atoms with Crippen molar-refractivity contribution < 1.29 is 4.79 Å². The van der Waals surface area contributed by atoms with Crippen LogP contribution in [0.3, 0.4) is 0 Å². The van der Waals surface area contributed by atoms with Crippen LogP contribution >= 0.6 is 0 Å². The van der Waals surface area contributed by atoms with Crippen molar-refractivity contribution in [2.45, 2.75) is 19.3 Å². The van der Waals surface area contributed by atoms with E-state index in [4.69, 9.17) is 5.26 Å². The van der Waals surface area contributed by atoms with E-state index in [9.17, 15) is 4.79 Å². The third-order valence-corrected chi connectivity index (χ3v) is 4.87. The van der Waals surface area contributed by atoms with Gasteiger partial charge < -0.3 is 0 Å². The number of Topliss-reactive ketones (excluding diaryl/α,β-unsaturated/α-hetero) is 1. The maximum atomic E-state index is 12.8. The van der Waals surface area contributed by atoms with Crippen LogP contribution in [0.25, 0.3) is 11.1 Å². The molecule has 0 saturated heterocycles. The molecule has 0 amide bonds. The number of benzene rings is 2. The molecule has 22 heavy (non-hydrogen) atoms. The first kappa shape index (κ1) is 13.0. The molecular weight excluding hydrogens is 270 g/mol. The predicted octanol–water partition coefficient (Wildman–Crippen LogP) is 4.30. The summed E-state index contributed by atoms with van der Waals surface area (Å²) in [4.78, 5) is 12.8. The summed E-state index contributed by atoms with van der Waals surface area (Å²) in [7, 11) is 0. The Kier molecular flexibility index (Phi) is 2.77. The molecule has 0 radical (unpaired) electrons. The van der Waals surface area contributed by atoms with Crippen molar-refractivity contribution in [1.29, 1.82) is 5.26 Å². The molecule has 0 atom stereocenters. The summed E-state index contributed by atoms with van der Waals surface area (Å²) in [5, 5.41) is 9.03. The molecule has 2 nitrogen and oxygen atoms in total. The predicted molar refractivity (Wildman–Crippen MR) is 85.4 cm³/mol. The molecule has 4 rings (SSSR count). The number of allylic oxidation sites excluding steroid dienone is 2. The van der Waals surface area contributed by atoms with Crippen LogP contribution < -0.4 is 0 Å². The third-order valence-electron chi connectivity index (χ3n) is 4.87. The molecule has 0 bridgehead atoms. The van der Waals surface area contributed by atoms with Gasteiger partial charge in [-0.1, -0.05) is 36.4 Å². The summed E-state index contributed by atoms with van der Waals surface area (Å²) in [5.74, 6) is 0.283. The SMILES string of the molecule is N#Cc1cccc(-c2ccc3c(c2)C(=O)C2(CC=CC2)C3)c1. The van der Waals surface area contributed by atoms with Crippen molar-refractivity contribution in [2.75, 3.05) is 0 Å². The zero-order valence-corrected chi connectivity index (χ0v) is 12.2. The minimum atomic E-state index is -0.213. The molecule has 0 aliphatic heterocycles. The largest absolute Gasteiger partial charge is 0.294 e. The number of ketones is 1. The van der Waals surface area contributed by atoms with Gasteiger partial charge in [0.05, 0.1) is 11.6 Å². The molecule has 0 heterocycles. The van der Waals surface area contributed by atoms with Gasteiger partial charge in [-0.25, -0.2) is 0 Å². The molecule has 2 aromatic rings. The van der Waals surface area contributed by atoms with Crippen LogP contribution in [0.1, 0.15) is 34.3 Å². The summed E-state index contributed by atoms with van der Waals surface area (Å²) >= 11 is 0. The molecule has 2 heteroatoms. The molecule has 2 aliphatic rings. The first-order chi connectivity index (χ1) is 10.7. The van der Waals surface area contributed by atoms with E-state index in [0.29, 0.717) is 5.56 Å². The quantitative estimate of drug-likeness (QED) is 0.733. The Morgan fingerprint density at radius 3 is 2.55 bits per heavy atom. The van der Waals surface area contributed by atoms with Crippen LogP contribution in [0.5, 0.6) is 0 Å². The van der Waals surface area contributed by atoms with Crippen LogP contribution in [0, 0.1) is 16.7 Å². The minimum absolute atomic E-state index is 0.213. The number of rotatable bonds is 1. The molecular formula is C20H15NO. The van der Waals surface area contributed by atoms with Crippen LogP contribution in [0.15, 0.2) is 54.6 Å². The van der Waals surface area contributed by atoms with Gasteiger partial charge in [-0.2, -0.15) is 5.26 Å². The van der Waals surface area contributed by atoms with Gasteiger partial charge in [-0.3, -0.25) is 4.79 Å². The average molecular weight is 285 g/mol. The van der Waals surface area contributed by atoms with Gasteiger partial charge in [0.2, 0.25) is 0 Å². The Balaban J connectivity index is 1.77. The van der Waals surface area contributed by atoms with E-state index in [0.717, 1.165) is 41.5 Å². The van der Waals surface area contributed by atoms with E-state index in [1.54, 1.807) is 6.07 Å². The second-order valence-electron chi connectivity index (χ2n) is 6.23. The number of nitriles is 1. The highest BCUT2D eigenvalue weighted by molar-refractivity contribution is 6.06. The van der Waals surface area contributed by atoms with Crippen molar-refractivity contribution in [3.8, 4) is 17.2 Å². The summed E-state index contributed by atoms with van der Waals surface area (Å²) in [6.07, 6.45) is 6.83. The van der Waals surface area contributed by atoms with Crippen LogP contribution in [0.2, 0.25) is 0 Å². The van der Waals surface area contributed by atoms with Crippen molar-refractivity contribution in [2.24, 2.45) is 5.41 Å². The van der Waals surface area contributed by atoms with Gasteiger partial charge in [0.25, 0.3) is 0 Å². The maximum absolute atomic E-state index is 12.8. The Labute approximate surface area is 129 Å². The molecule has 106 valence electrons. The molecule has 2 aliphatic carbocycles. The Morgan fingerprint density at radius 2 is 1.77 bits per heavy atom. The van der Waals surface area contributed by atoms with Crippen molar-refractivity contribution >= 4 is 5.78 Å². The monoisotopic (exact) mass is 285 g/mol. The topological polar surface area (TPSA) is 40.9 Å². The number of carbonyl (C=O) groups is 1. The summed E-state index contributed by atoms with van der Waals surface area (Å²) in [6.45, 7) is 0. The number of fused-ring (bicyclic) bond motifs is 1. The van der Waals surface area contributed by atoms with E-state index in [1.807, 2.05) is 24.3 Å². The third kappa shape index (κ3) is 1.83. The van der Waals surface area contributed by atoms with Gasteiger partial charge >= 0.3 is 0 Å². The van der Waals surface area contributed by atoms with E-state index < -0.39 is 0 Å². The first-order valence-corrected chi connectivity index (χ1v) is 7.55. The van der Waals surface area contributed by atoms with Crippen LogP contribution in [0.4, 0.5) is 0 Å². The Morgan fingerprint density at radius 1 is 1.00 bits per heavy atom. The smallest absolute Gasteiger partial charge is 0.170 e.